The second kappa shape index (κ2) is 5.73. The van der Waals surface area contributed by atoms with Crippen molar-refractivity contribution in [2.75, 3.05) is 11.9 Å². The number of alkyl halides is 1. The standard InChI is InChI=1S/C18H22ClN3O2/c19-18-8-12-5-13(9-18)7-17(6-12,11-18)16(24)21-10-15(23)22-14-3-1-2-4-20-14/h1-4,12-13H,5-11H2,(H,21,24)(H,20,22,23)/t12-,13-,17?,18?/m1/s1. The summed E-state index contributed by atoms with van der Waals surface area (Å²) in [7, 11) is 0. The quantitative estimate of drug-likeness (QED) is 0.823. The summed E-state index contributed by atoms with van der Waals surface area (Å²) in [6.45, 7) is -0.0260. The zero-order valence-electron chi connectivity index (χ0n) is 13.6. The van der Waals surface area contributed by atoms with Crippen LogP contribution in [-0.2, 0) is 9.59 Å². The molecule has 4 bridgehead atoms. The van der Waals surface area contributed by atoms with Gasteiger partial charge in [0.2, 0.25) is 11.8 Å². The summed E-state index contributed by atoms with van der Waals surface area (Å²) in [5.74, 6) is 1.37. The van der Waals surface area contributed by atoms with E-state index in [1.54, 1.807) is 24.4 Å². The van der Waals surface area contributed by atoms with E-state index in [4.69, 9.17) is 11.6 Å². The molecule has 24 heavy (non-hydrogen) atoms. The second-order valence-electron chi connectivity index (χ2n) is 7.84. The summed E-state index contributed by atoms with van der Waals surface area (Å²) >= 11 is 6.77. The van der Waals surface area contributed by atoms with Crippen LogP contribution in [0.1, 0.15) is 38.5 Å². The molecule has 0 aromatic carbocycles. The van der Waals surface area contributed by atoms with Crippen LogP contribution in [0.15, 0.2) is 24.4 Å². The molecular weight excluding hydrogens is 326 g/mol. The fourth-order valence-electron chi connectivity index (χ4n) is 5.39. The molecule has 1 heterocycles. The molecule has 5 nitrogen and oxygen atoms in total. The summed E-state index contributed by atoms with van der Waals surface area (Å²) < 4.78 is 0. The third-order valence-electron chi connectivity index (χ3n) is 5.81. The van der Waals surface area contributed by atoms with Crippen LogP contribution < -0.4 is 10.6 Å². The van der Waals surface area contributed by atoms with Crippen LogP contribution in [0.2, 0.25) is 0 Å². The van der Waals surface area contributed by atoms with Gasteiger partial charge in [-0.3, -0.25) is 9.59 Å². The Morgan fingerprint density at radius 2 is 1.96 bits per heavy atom. The Bertz CT molecular complexity index is 649. The molecule has 1 aromatic rings. The number of nitrogens with zero attached hydrogens (tertiary/aromatic N) is 1. The molecule has 5 rings (SSSR count). The Morgan fingerprint density at radius 3 is 2.58 bits per heavy atom. The number of nitrogens with one attached hydrogen (secondary N) is 2. The monoisotopic (exact) mass is 347 g/mol. The molecule has 0 aliphatic heterocycles. The number of amides is 2. The van der Waals surface area contributed by atoms with Gasteiger partial charge in [-0.25, -0.2) is 4.98 Å². The molecule has 0 spiro atoms. The molecule has 0 radical (unpaired) electrons. The number of hydrogen-bond donors (Lipinski definition) is 2. The van der Waals surface area contributed by atoms with Crippen LogP contribution in [0.4, 0.5) is 5.82 Å². The van der Waals surface area contributed by atoms with E-state index in [1.165, 1.54) is 6.42 Å². The molecule has 2 amide bonds. The molecule has 6 heteroatoms. The number of hydrogen-bond acceptors (Lipinski definition) is 3. The van der Waals surface area contributed by atoms with E-state index in [-0.39, 0.29) is 28.6 Å². The van der Waals surface area contributed by atoms with Gasteiger partial charge in [0.15, 0.2) is 0 Å². The first kappa shape index (κ1) is 15.9. The lowest BCUT2D eigenvalue weighted by atomic mass is 9.49. The summed E-state index contributed by atoms with van der Waals surface area (Å²) in [4.78, 5) is 28.7. The predicted octanol–water partition coefficient (Wildman–Crippen LogP) is 2.71. The van der Waals surface area contributed by atoms with Crippen LogP contribution in [-0.4, -0.2) is 28.2 Å². The van der Waals surface area contributed by atoms with Crippen molar-refractivity contribution in [1.82, 2.24) is 10.3 Å². The highest BCUT2D eigenvalue weighted by atomic mass is 35.5. The minimum absolute atomic E-state index is 0.00204. The number of carbonyl (C=O) groups excluding carboxylic acids is 2. The van der Waals surface area contributed by atoms with Crippen molar-refractivity contribution in [2.24, 2.45) is 17.3 Å². The van der Waals surface area contributed by atoms with E-state index in [9.17, 15) is 9.59 Å². The van der Waals surface area contributed by atoms with E-state index in [0.29, 0.717) is 17.7 Å². The van der Waals surface area contributed by atoms with Gasteiger partial charge in [0.1, 0.15) is 5.82 Å². The maximum atomic E-state index is 12.8. The van der Waals surface area contributed by atoms with E-state index in [2.05, 4.69) is 15.6 Å². The molecule has 4 saturated carbocycles. The van der Waals surface area contributed by atoms with Crippen molar-refractivity contribution in [3.05, 3.63) is 24.4 Å². The topological polar surface area (TPSA) is 71.1 Å². The highest BCUT2D eigenvalue weighted by Gasteiger charge is 2.59. The Hall–Kier alpha value is -1.62. The Morgan fingerprint density at radius 1 is 1.21 bits per heavy atom. The van der Waals surface area contributed by atoms with Gasteiger partial charge in [0, 0.05) is 11.1 Å². The second-order valence-corrected chi connectivity index (χ2v) is 8.64. The first-order valence-corrected chi connectivity index (χ1v) is 9.02. The molecule has 4 aliphatic rings. The van der Waals surface area contributed by atoms with Gasteiger partial charge < -0.3 is 10.6 Å². The largest absolute Gasteiger partial charge is 0.347 e. The average molecular weight is 348 g/mol. The number of anilines is 1. The summed E-state index contributed by atoms with van der Waals surface area (Å²) in [6.07, 6.45) is 7.51. The fourth-order valence-corrected chi connectivity index (χ4v) is 6.08. The van der Waals surface area contributed by atoms with Gasteiger partial charge >= 0.3 is 0 Å². The van der Waals surface area contributed by atoms with E-state index in [1.807, 2.05) is 0 Å². The summed E-state index contributed by atoms with van der Waals surface area (Å²) in [5, 5.41) is 5.53. The highest BCUT2D eigenvalue weighted by molar-refractivity contribution is 6.24. The number of carbonyl (C=O) groups is 2. The van der Waals surface area contributed by atoms with Crippen LogP contribution in [0, 0.1) is 17.3 Å². The van der Waals surface area contributed by atoms with Crippen LogP contribution in [0.5, 0.6) is 0 Å². The SMILES string of the molecule is O=C(CNC(=O)C12C[C@H]3C[C@@H](CC(Cl)(C3)C1)C2)Nc1ccccn1. The number of halogens is 1. The first-order valence-electron chi connectivity index (χ1n) is 8.65. The third kappa shape index (κ3) is 2.90. The minimum atomic E-state index is -0.364. The lowest BCUT2D eigenvalue weighted by Gasteiger charge is -2.59. The van der Waals surface area contributed by atoms with Gasteiger partial charge in [-0.15, -0.1) is 11.6 Å². The molecule has 128 valence electrons. The molecule has 0 saturated heterocycles. The molecular formula is C18H22ClN3O2. The van der Waals surface area contributed by atoms with E-state index in [0.717, 1.165) is 32.1 Å². The van der Waals surface area contributed by atoms with E-state index < -0.39 is 0 Å². The Balaban J connectivity index is 1.37. The number of rotatable bonds is 4. The average Bonchev–Trinajstić information content (AvgIpc) is 2.51. The zero-order valence-corrected chi connectivity index (χ0v) is 14.3. The van der Waals surface area contributed by atoms with Gasteiger partial charge in [0.05, 0.1) is 12.0 Å². The molecule has 1 aromatic heterocycles. The first-order chi connectivity index (χ1) is 11.5. The van der Waals surface area contributed by atoms with Crippen molar-refractivity contribution < 1.29 is 9.59 Å². The van der Waals surface area contributed by atoms with Crippen molar-refractivity contribution in [3.63, 3.8) is 0 Å². The molecule has 4 fully saturated rings. The molecule has 2 N–H and O–H groups in total. The van der Waals surface area contributed by atoms with Gasteiger partial charge in [-0.05, 0) is 62.5 Å². The normalized spacial score (nSPS) is 36.4. The third-order valence-corrected chi connectivity index (χ3v) is 6.26. The van der Waals surface area contributed by atoms with Gasteiger partial charge in [0.25, 0.3) is 0 Å². The molecule has 0 unspecified atom stereocenters. The minimum Gasteiger partial charge on any atom is -0.347 e. The summed E-state index contributed by atoms with van der Waals surface area (Å²) in [6, 6.07) is 5.30. The molecule has 2 atom stereocenters. The van der Waals surface area contributed by atoms with Crippen molar-refractivity contribution >= 4 is 29.2 Å². The molecule has 4 aliphatic carbocycles. The van der Waals surface area contributed by atoms with Crippen molar-refractivity contribution in [1.29, 1.82) is 0 Å². The van der Waals surface area contributed by atoms with Gasteiger partial charge in [-0.1, -0.05) is 6.07 Å². The van der Waals surface area contributed by atoms with Crippen LogP contribution in [0.3, 0.4) is 0 Å². The van der Waals surface area contributed by atoms with Crippen molar-refractivity contribution in [3.8, 4) is 0 Å². The maximum Gasteiger partial charge on any atom is 0.244 e. The fraction of sp³-hybridized carbons (Fsp3) is 0.611. The summed E-state index contributed by atoms with van der Waals surface area (Å²) in [5.41, 5.74) is -0.364. The lowest BCUT2D eigenvalue weighted by molar-refractivity contribution is -0.145. The van der Waals surface area contributed by atoms with Crippen LogP contribution >= 0.6 is 11.6 Å². The number of pyridine rings is 1. The van der Waals surface area contributed by atoms with Crippen molar-refractivity contribution in [2.45, 2.75) is 43.4 Å². The maximum absolute atomic E-state index is 12.8. The predicted molar refractivity (Wildman–Crippen MR) is 91.6 cm³/mol. The number of aromatic nitrogens is 1. The Kier molecular flexibility index (Phi) is 3.79. The zero-order chi connectivity index (χ0) is 16.8. The van der Waals surface area contributed by atoms with E-state index >= 15 is 0 Å². The highest BCUT2D eigenvalue weighted by Crippen LogP contribution is 2.63. The van der Waals surface area contributed by atoms with Gasteiger partial charge in [-0.2, -0.15) is 0 Å². The smallest absolute Gasteiger partial charge is 0.244 e. The Labute approximate surface area is 146 Å². The van der Waals surface area contributed by atoms with Crippen LogP contribution in [0.25, 0.3) is 0 Å². The lowest BCUT2D eigenvalue weighted by Crippen LogP contribution is -2.58.